The summed E-state index contributed by atoms with van der Waals surface area (Å²) in [6.45, 7) is 7.15. The fourth-order valence-corrected chi connectivity index (χ4v) is 2.13. The molecule has 0 spiro atoms. The van der Waals surface area contributed by atoms with E-state index in [0.717, 1.165) is 23.1 Å². The monoisotopic (exact) mass is 290 g/mol. The fourth-order valence-electron chi connectivity index (χ4n) is 2.13. The predicted molar refractivity (Wildman–Crippen MR) is 81.3 cm³/mol. The second kappa shape index (κ2) is 6.67. The van der Waals surface area contributed by atoms with E-state index in [1.807, 2.05) is 33.9 Å². The molecule has 21 heavy (non-hydrogen) atoms. The van der Waals surface area contributed by atoms with Crippen LogP contribution in [0.25, 0.3) is 11.0 Å². The van der Waals surface area contributed by atoms with Crippen LogP contribution in [0.15, 0.2) is 12.3 Å². The quantitative estimate of drug-likeness (QED) is 0.824. The molecule has 0 unspecified atom stereocenters. The number of carbonyl (C=O) groups is 1. The molecule has 1 N–H and O–H groups in total. The van der Waals surface area contributed by atoms with Crippen LogP contribution in [0, 0.1) is 6.92 Å². The first-order valence-electron chi connectivity index (χ1n) is 7.18. The van der Waals surface area contributed by atoms with Crippen LogP contribution in [0.2, 0.25) is 0 Å². The van der Waals surface area contributed by atoms with Gasteiger partial charge in [0.2, 0.25) is 0 Å². The molecule has 2 aromatic rings. The lowest BCUT2D eigenvalue weighted by Crippen LogP contribution is -2.25. The van der Waals surface area contributed by atoms with Crippen molar-refractivity contribution in [2.45, 2.75) is 33.3 Å². The van der Waals surface area contributed by atoms with Gasteiger partial charge in [0.1, 0.15) is 0 Å². The smallest absolute Gasteiger partial charge is 0.252 e. The summed E-state index contributed by atoms with van der Waals surface area (Å²) in [5.74, 6) is -0.114. The van der Waals surface area contributed by atoms with Crippen molar-refractivity contribution < 1.29 is 9.53 Å². The van der Waals surface area contributed by atoms with E-state index in [2.05, 4.69) is 15.4 Å². The first-order valence-corrected chi connectivity index (χ1v) is 7.18. The van der Waals surface area contributed by atoms with Crippen LogP contribution in [0.5, 0.6) is 0 Å². The maximum absolute atomic E-state index is 12.1. The highest BCUT2D eigenvalue weighted by Gasteiger charge is 2.11. The van der Waals surface area contributed by atoms with E-state index in [9.17, 15) is 4.79 Å². The lowest BCUT2D eigenvalue weighted by Gasteiger charge is -2.08. The third-order valence-corrected chi connectivity index (χ3v) is 3.18. The summed E-state index contributed by atoms with van der Waals surface area (Å²) < 4.78 is 7.15. The molecule has 0 aliphatic rings. The van der Waals surface area contributed by atoms with Crippen LogP contribution in [-0.2, 0) is 11.8 Å². The fraction of sp³-hybridized carbons (Fsp3) is 0.533. The summed E-state index contributed by atoms with van der Waals surface area (Å²) in [5, 5.41) is 8.09. The van der Waals surface area contributed by atoms with Crippen LogP contribution >= 0.6 is 0 Å². The average Bonchev–Trinajstić information content (AvgIpc) is 2.72. The molecule has 6 heteroatoms. The summed E-state index contributed by atoms with van der Waals surface area (Å²) in [7, 11) is 1.84. The van der Waals surface area contributed by atoms with E-state index in [0.29, 0.717) is 18.7 Å². The summed E-state index contributed by atoms with van der Waals surface area (Å²) in [6.07, 6.45) is 2.61. The Morgan fingerprint density at radius 1 is 1.48 bits per heavy atom. The highest BCUT2D eigenvalue weighted by Crippen LogP contribution is 2.16. The molecule has 0 radical (unpaired) electrons. The summed E-state index contributed by atoms with van der Waals surface area (Å²) >= 11 is 0. The van der Waals surface area contributed by atoms with Crippen molar-refractivity contribution >= 4 is 16.9 Å². The van der Waals surface area contributed by atoms with Crippen LogP contribution < -0.4 is 5.32 Å². The lowest BCUT2D eigenvalue weighted by atomic mass is 10.2. The van der Waals surface area contributed by atoms with Crippen LogP contribution in [0.4, 0.5) is 0 Å². The number of hydrogen-bond acceptors (Lipinski definition) is 4. The van der Waals surface area contributed by atoms with Gasteiger partial charge in [0.05, 0.1) is 17.4 Å². The average molecular weight is 290 g/mol. The molecule has 2 heterocycles. The molecule has 0 aromatic carbocycles. The minimum atomic E-state index is -0.114. The summed E-state index contributed by atoms with van der Waals surface area (Å²) in [4.78, 5) is 16.4. The number of fused-ring (bicyclic) bond motifs is 1. The molecule has 0 bridgehead atoms. The van der Waals surface area contributed by atoms with Crippen molar-refractivity contribution in [3.63, 3.8) is 0 Å². The number of rotatable bonds is 6. The molecular weight excluding hydrogens is 268 g/mol. The Hall–Kier alpha value is -1.95. The van der Waals surface area contributed by atoms with Gasteiger partial charge in [-0.05, 0) is 33.3 Å². The highest BCUT2D eigenvalue weighted by atomic mass is 16.5. The highest BCUT2D eigenvalue weighted by molar-refractivity contribution is 5.97. The van der Waals surface area contributed by atoms with Gasteiger partial charge in [-0.25, -0.2) is 4.98 Å². The number of carbonyl (C=O) groups excluding carboxylic acids is 1. The van der Waals surface area contributed by atoms with Crippen LogP contribution in [0.3, 0.4) is 0 Å². The van der Waals surface area contributed by atoms with Crippen molar-refractivity contribution in [3.05, 3.63) is 23.5 Å². The molecular formula is C15H22N4O2. The largest absolute Gasteiger partial charge is 0.379 e. The molecule has 6 nitrogen and oxygen atoms in total. The second-order valence-electron chi connectivity index (χ2n) is 5.33. The lowest BCUT2D eigenvalue weighted by molar-refractivity contribution is 0.0757. The number of nitrogens with one attached hydrogen (secondary N) is 1. The van der Waals surface area contributed by atoms with Gasteiger partial charge in [0, 0.05) is 31.8 Å². The molecule has 0 aliphatic heterocycles. The van der Waals surface area contributed by atoms with E-state index in [1.54, 1.807) is 10.9 Å². The molecule has 2 rings (SSSR count). The van der Waals surface area contributed by atoms with Crippen molar-refractivity contribution in [2.24, 2.45) is 7.05 Å². The molecule has 114 valence electrons. The normalized spacial score (nSPS) is 11.3. The molecule has 0 fully saturated rings. The topological polar surface area (TPSA) is 69.0 Å². The third kappa shape index (κ3) is 3.78. The van der Waals surface area contributed by atoms with Gasteiger partial charge in [-0.2, -0.15) is 5.10 Å². The third-order valence-electron chi connectivity index (χ3n) is 3.18. The van der Waals surface area contributed by atoms with Gasteiger partial charge in [0.15, 0.2) is 5.65 Å². The Labute approximate surface area is 124 Å². The Morgan fingerprint density at radius 3 is 2.95 bits per heavy atom. The first kappa shape index (κ1) is 15.4. The van der Waals surface area contributed by atoms with E-state index >= 15 is 0 Å². The van der Waals surface area contributed by atoms with E-state index in [1.165, 1.54) is 0 Å². The maximum atomic E-state index is 12.1. The van der Waals surface area contributed by atoms with E-state index in [-0.39, 0.29) is 12.0 Å². The van der Waals surface area contributed by atoms with Gasteiger partial charge in [-0.1, -0.05) is 0 Å². The number of pyridine rings is 1. The zero-order valence-corrected chi connectivity index (χ0v) is 13.0. The second-order valence-corrected chi connectivity index (χ2v) is 5.33. The number of ether oxygens (including phenoxy) is 1. The number of nitrogens with zero attached hydrogens (tertiary/aromatic N) is 3. The zero-order valence-electron chi connectivity index (χ0n) is 13.0. The minimum absolute atomic E-state index is 0.114. The van der Waals surface area contributed by atoms with E-state index in [4.69, 9.17) is 4.74 Å². The molecule has 0 aliphatic carbocycles. The maximum Gasteiger partial charge on any atom is 0.252 e. The SMILES string of the molecule is Cc1nn(C)c2ncc(C(=O)NCCCOC(C)C)cc12. The number of hydrogen-bond donors (Lipinski definition) is 1. The Kier molecular flexibility index (Phi) is 4.90. The van der Waals surface area contributed by atoms with Gasteiger partial charge < -0.3 is 10.1 Å². The first-order chi connectivity index (χ1) is 9.99. The number of amides is 1. The Balaban J connectivity index is 1.95. The Bertz CT molecular complexity index is 634. The van der Waals surface area contributed by atoms with Crippen molar-refractivity contribution in [1.82, 2.24) is 20.1 Å². The minimum Gasteiger partial charge on any atom is -0.379 e. The number of aryl methyl sites for hydroxylation is 2. The zero-order chi connectivity index (χ0) is 15.4. The summed E-state index contributed by atoms with van der Waals surface area (Å²) in [6, 6.07) is 1.84. The Morgan fingerprint density at radius 2 is 2.24 bits per heavy atom. The van der Waals surface area contributed by atoms with Crippen molar-refractivity contribution in [3.8, 4) is 0 Å². The van der Waals surface area contributed by atoms with E-state index < -0.39 is 0 Å². The predicted octanol–water partition coefficient (Wildman–Crippen LogP) is 1.82. The van der Waals surface area contributed by atoms with Crippen LogP contribution in [0.1, 0.15) is 36.3 Å². The van der Waals surface area contributed by atoms with Gasteiger partial charge >= 0.3 is 0 Å². The molecule has 0 saturated carbocycles. The summed E-state index contributed by atoms with van der Waals surface area (Å²) in [5.41, 5.74) is 2.22. The standard InChI is InChI=1S/C15H22N4O2/c1-10(2)21-7-5-6-16-15(20)12-8-13-11(3)18-19(4)14(13)17-9-12/h8-10H,5-7H2,1-4H3,(H,16,20). The van der Waals surface area contributed by atoms with Crippen molar-refractivity contribution in [1.29, 1.82) is 0 Å². The molecule has 1 amide bonds. The van der Waals surface area contributed by atoms with Gasteiger partial charge in [-0.3, -0.25) is 9.48 Å². The number of aromatic nitrogens is 3. The van der Waals surface area contributed by atoms with Gasteiger partial charge in [0.25, 0.3) is 5.91 Å². The van der Waals surface area contributed by atoms with Gasteiger partial charge in [-0.15, -0.1) is 0 Å². The molecule has 2 aromatic heterocycles. The van der Waals surface area contributed by atoms with Crippen LogP contribution in [-0.4, -0.2) is 39.9 Å². The molecule has 0 saturated heterocycles. The molecule has 0 atom stereocenters. The van der Waals surface area contributed by atoms with Crippen molar-refractivity contribution in [2.75, 3.05) is 13.2 Å².